The first kappa shape index (κ1) is 20.5. The summed E-state index contributed by atoms with van der Waals surface area (Å²) >= 11 is 1.57. The first-order valence-corrected chi connectivity index (χ1v) is 12.2. The van der Waals surface area contributed by atoms with Gasteiger partial charge >= 0.3 is 0 Å². The van der Waals surface area contributed by atoms with Crippen molar-refractivity contribution in [1.29, 1.82) is 0 Å². The van der Waals surface area contributed by atoms with Crippen molar-refractivity contribution in [3.05, 3.63) is 83.4 Å². The van der Waals surface area contributed by atoms with Crippen LogP contribution in [0.15, 0.2) is 76.5 Å². The van der Waals surface area contributed by atoms with Crippen molar-refractivity contribution in [3.63, 3.8) is 0 Å². The molecule has 5 nitrogen and oxygen atoms in total. The van der Waals surface area contributed by atoms with Crippen molar-refractivity contribution in [2.75, 3.05) is 22.4 Å². The molecule has 3 aromatic carbocycles. The molecule has 0 aliphatic carbocycles. The zero-order valence-corrected chi connectivity index (χ0v) is 18.4. The minimum absolute atomic E-state index is 0.209. The molecule has 1 aliphatic heterocycles. The summed E-state index contributed by atoms with van der Waals surface area (Å²) in [5.74, 6) is -0.209. The van der Waals surface area contributed by atoms with Gasteiger partial charge in [0.1, 0.15) is 0 Å². The van der Waals surface area contributed by atoms with Crippen LogP contribution in [-0.2, 0) is 16.4 Å². The number of hydrogen-bond donors (Lipinski definition) is 1. The molecule has 30 heavy (non-hydrogen) atoms. The summed E-state index contributed by atoms with van der Waals surface area (Å²) < 4.78 is 27.6. The molecular weight excluding hydrogens is 416 g/mol. The molecule has 3 aromatic rings. The molecule has 0 radical (unpaired) electrons. The first-order chi connectivity index (χ1) is 14.4. The van der Waals surface area contributed by atoms with E-state index in [0.29, 0.717) is 24.2 Å². The third-order valence-electron chi connectivity index (χ3n) is 5.16. The quantitative estimate of drug-likeness (QED) is 0.586. The van der Waals surface area contributed by atoms with E-state index in [4.69, 9.17) is 0 Å². The number of fused-ring (bicyclic) bond motifs is 1. The minimum atomic E-state index is -3.63. The fraction of sp³-hybridized carbons (Fsp3) is 0.174. The van der Waals surface area contributed by atoms with Crippen molar-refractivity contribution in [3.8, 4) is 0 Å². The highest BCUT2D eigenvalue weighted by Gasteiger charge is 2.31. The summed E-state index contributed by atoms with van der Waals surface area (Å²) in [5.41, 5.74) is 3.78. The Morgan fingerprint density at radius 2 is 1.77 bits per heavy atom. The van der Waals surface area contributed by atoms with Crippen molar-refractivity contribution < 1.29 is 13.2 Å². The Morgan fingerprint density at radius 3 is 2.50 bits per heavy atom. The molecule has 154 valence electrons. The van der Waals surface area contributed by atoms with Gasteiger partial charge in [0.25, 0.3) is 15.9 Å². The number of carbonyl (C=O) groups is 1. The van der Waals surface area contributed by atoms with Gasteiger partial charge < -0.3 is 5.32 Å². The summed E-state index contributed by atoms with van der Waals surface area (Å²) in [6.07, 6.45) is 2.53. The molecule has 1 aliphatic rings. The molecule has 0 spiro atoms. The molecule has 0 atom stereocenters. The number of para-hydroxylation sites is 1. The summed E-state index contributed by atoms with van der Waals surface area (Å²) in [6, 6.07) is 19.7. The van der Waals surface area contributed by atoms with E-state index in [-0.39, 0.29) is 10.8 Å². The predicted molar refractivity (Wildman–Crippen MR) is 122 cm³/mol. The molecule has 7 heteroatoms. The van der Waals surface area contributed by atoms with Crippen molar-refractivity contribution in [2.45, 2.75) is 23.1 Å². The monoisotopic (exact) mass is 438 g/mol. The molecule has 1 N–H and O–H groups in total. The lowest BCUT2D eigenvalue weighted by atomic mass is 10.1. The molecule has 1 heterocycles. The maximum Gasteiger partial charge on any atom is 0.264 e. The van der Waals surface area contributed by atoms with Crippen LogP contribution in [-0.4, -0.2) is 27.1 Å². The molecule has 0 bridgehead atoms. The average molecular weight is 439 g/mol. The topological polar surface area (TPSA) is 66.5 Å². The van der Waals surface area contributed by atoms with Crippen LogP contribution in [0.4, 0.5) is 11.4 Å². The number of aryl methyl sites for hydroxylation is 1. The highest BCUT2D eigenvalue weighted by molar-refractivity contribution is 7.98. The van der Waals surface area contributed by atoms with E-state index in [2.05, 4.69) is 5.32 Å². The highest BCUT2D eigenvalue weighted by atomic mass is 32.2. The van der Waals surface area contributed by atoms with Crippen molar-refractivity contribution >= 4 is 39.1 Å². The minimum Gasteiger partial charge on any atom is -0.321 e. The van der Waals surface area contributed by atoms with Crippen LogP contribution in [0.2, 0.25) is 0 Å². The Bertz CT molecular complexity index is 1210. The molecule has 4 rings (SSSR count). The lowest BCUT2D eigenvalue weighted by Crippen LogP contribution is -2.29. The van der Waals surface area contributed by atoms with Gasteiger partial charge in [-0.15, -0.1) is 11.8 Å². The Hall–Kier alpha value is -2.77. The van der Waals surface area contributed by atoms with Gasteiger partial charge in [0, 0.05) is 17.0 Å². The van der Waals surface area contributed by atoms with E-state index >= 15 is 0 Å². The maximum absolute atomic E-state index is 13.1. The zero-order chi connectivity index (χ0) is 21.3. The van der Waals surface area contributed by atoms with Crippen LogP contribution >= 0.6 is 11.8 Å². The van der Waals surface area contributed by atoms with Gasteiger partial charge in [-0.1, -0.05) is 29.8 Å². The molecule has 0 saturated carbocycles. The standard InChI is InChI=1S/C23H22N2O3S2/c1-16-7-10-19(11-8-16)30(27,28)25-14-13-17-15-18(9-12-21(17)25)23(26)24-20-5-3-4-6-22(20)29-2/h3-12,15H,13-14H2,1-2H3,(H,24,26). The fourth-order valence-corrected chi connectivity index (χ4v) is 5.60. The smallest absolute Gasteiger partial charge is 0.264 e. The molecular formula is C23H22N2O3S2. The lowest BCUT2D eigenvalue weighted by Gasteiger charge is -2.20. The average Bonchev–Trinajstić information content (AvgIpc) is 3.18. The molecule has 0 fully saturated rings. The number of anilines is 2. The van der Waals surface area contributed by atoms with Gasteiger partial charge in [0.15, 0.2) is 0 Å². The maximum atomic E-state index is 13.1. The molecule has 1 amide bonds. The number of benzene rings is 3. The second-order valence-electron chi connectivity index (χ2n) is 7.14. The van der Waals surface area contributed by atoms with Crippen LogP contribution in [0.5, 0.6) is 0 Å². The van der Waals surface area contributed by atoms with Crippen LogP contribution in [0.1, 0.15) is 21.5 Å². The summed E-state index contributed by atoms with van der Waals surface area (Å²) in [7, 11) is -3.63. The number of sulfonamides is 1. The Kier molecular flexibility index (Phi) is 5.58. The summed E-state index contributed by atoms with van der Waals surface area (Å²) in [4.78, 5) is 14.0. The largest absolute Gasteiger partial charge is 0.321 e. The second kappa shape index (κ2) is 8.16. The van der Waals surface area contributed by atoms with Gasteiger partial charge in [0.2, 0.25) is 0 Å². The number of carbonyl (C=O) groups excluding carboxylic acids is 1. The van der Waals surface area contributed by atoms with Crippen molar-refractivity contribution in [1.82, 2.24) is 0 Å². The normalized spacial score (nSPS) is 13.2. The van der Waals surface area contributed by atoms with Crippen LogP contribution < -0.4 is 9.62 Å². The van der Waals surface area contributed by atoms with Gasteiger partial charge in [-0.05, 0) is 67.6 Å². The molecule has 0 saturated heterocycles. The van der Waals surface area contributed by atoms with E-state index in [9.17, 15) is 13.2 Å². The van der Waals surface area contributed by atoms with Crippen LogP contribution in [0.3, 0.4) is 0 Å². The third-order valence-corrected chi connectivity index (χ3v) is 7.78. The van der Waals surface area contributed by atoms with Crippen LogP contribution in [0, 0.1) is 6.92 Å². The number of nitrogens with zero attached hydrogens (tertiary/aromatic N) is 1. The Labute approximate surface area is 181 Å². The predicted octanol–water partition coefficient (Wildman–Crippen LogP) is 4.72. The number of thioether (sulfide) groups is 1. The Balaban J connectivity index is 1.59. The third kappa shape index (κ3) is 3.82. The number of hydrogen-bond acceptors (Lipinski definition) is 4. The van der Waals surface area contributed by atoms with Gasteiger partial charge in [-0.25, -0.2) is 8.42 Å². The Morgan fingerprint density at radius 1 is 1.03 bits per heavy atom. The zero-order valence-electron chi connectivity index (χ0n) is 16.8. The molecule has 0 aromatic heterocycles. The van der Waals surface area contributed by atoms with E-state index < -0.39 is 10.0 Å². The number of rotatable bonds is 5. The van der Waals surface area contributed by atoms with E-state index in [1.165, 1.54) is 4.31 Å². The van der Waals surface area contributed by atoms with Gasteiger partial charge in [-0.2, -0.15) is 0 Å². The lowest BCUT2D eigenvalue weighted by molar-refractivity contribution is 0.102. The summed E-state index contributed by atoms with van der Waals surface area (Å²) in [6.45, 7) is 2.29. The summed E-state index contributed by atoms with van der Waals surface area (Å²) in [5, 5.41) is 2.95. The first-order valence-electron chi connectivity index (χ1n) is 9.57. The number of amides is 1. The van der Waals surface area contributed by atoms with Gasteiger partial charge in [-0.3, -0.25) is 9.10 Å². The van der Waals surface area contributed by atoms with E-state index in [0.717, 1.165) is 21.7 Å². The fourth-order valence-electron chi connectivity index (χ4n) is 3.54. The van der Waals surface area contributed by atoms with E-state index in [1.807, 2.05) is 37.4 Å². The van der Waals surface area contributed by atoms with E-state index in [1.54, 1.807) is 54.2 Å². The SMILES string of the molecule is CSc1ccccc1NC(=O)c1ccc2c(c1)CCN2S(=O)(=O)c1ccc(C)cc1. The van der Waals surface area contributed by atoms with Crippen LogP contribution in [0.25, 0.3) is 0 Å². The second-order valence-corrected chi connectivity index (χ2v) is 9.85. The molecule has 0 unspecified atom stereocenters. The number of nitrogens with one attached hydrogen (secondary N) is 1. The van der Waals surface area contributed by atoms with Gasteiger partial charge in [0.05, 0.1) is 16.3 Å². The van der Waals surface area contributed by atoms with Crippen molar-refractivity contribution in [2.24, 2.45) is 0 Å². The highest BCUT2D eigenvalue weighted by Crippen LogP contribution is 2.34.